The summed E-state index contributed by atoms with van der Waals surface area (Å²) < 4.78 is 1.74. The normalized spacial score (nSPS) is 16.1. The predicted molar refractivity (Wildman–Crippen MR) is 76.4 cm³/mol. The first kappa shape index (κ1) is 14.6. The lowest BCUT2D eigenvalue weighted by atomic mass is 10.2. The molecule has 110 valence electrons. The van der Waals surface area contributed by atoms with Crippen LogP contribution in [0.2, 0.25) is 0 Å². The zero-order valence-electron chi connectivity index (χ0n) is 12.4. The summed E-state index contributed by atoms with van der Waals surface area (Å²) in [6.45, 7) is 4.58. The summed E-state index contributed by atoms with van der Waals surface area (Å²) in [5.74, 6) is -0.0725. The van der Waals surface area contributed by atoms with Crippen LogP contribution in [0.5, 0.6) is 0 Å². The Morgan fingerprint density at radius 3 is 2.70 bits per heavy atom. The number of hydrogen-bond acceptors (Lipinski definition) is 3. The largest absolute Gasteiger partial charge is 0.333 e. The van der Waals surface area contributed by atoms with Crippen molar-refractivity contribution in [2.75, 3.05) is 18.4 Å². The van der Waals surface area contributed by atoms with Crippen molar-refractivity contribution >= 4 is 17.5 Å². The average molecular weight is 278 g/mol. The van der Waals surface area contributed by atoms with E-state index in [1.165, 1.54) is 0 Å². The molecule has 2 amide bonds. The van der Waals surface area contributed by atoms with E-state index in [2.05, 4.69) is 10.4 Å². The van der Waals surface area contributed by atoms with Crippen LogP contribution in [0, 0.1) is 13.8 Å². The molecule has 0 saturated carbocycles. The minimum Gasteiger partial charge on any atom is -0.333 e. The van der Waals surface area contributed by atoms with Crippen LogP contribution in [-0.2, 0) is 16.6 Å². The predicted octanol–water partition coefficient (Wildman–Crippen LogP) is 1.38. The van der Waals surface area contributed by atoms with Gasteiger partial charge in [-0.2, -0.15) is 5.10 Å². The molecule has 0 aliphatic carbocycles. The van der Waals surface area contributed by atoms with E-state index in [-0.39, 0.29) is 18.4 Å². The molecule has 0 bridgehead atoms. The third-order valence-electron chi connectivity index (χ3n) is 3.78. The van der Waals surface area contributed by atoms with E-state index in [0.717, 1.165) is 36.3 Å². The number of carbonyl (C=O) groups is 2. The number of aromatic nitrogens is 2. The van der Waals surface area contributed by atoms with Gasteiger partial charge in [0.2, 0.25) is 11.8 Å². The van der Waals surface area contributed by atoms with Crippen molar-refractivity contribution in [1.82, 2.24) is 14.7 Å². The lowest BCUT2D eigenvalue weighted by Gasteiger charge is -2.19. The highest BCUT2D eigenvalue weighted by atomic mass is 16.2. The Morgan fingerprint density at radius 1 is 1.30 bits per heavy atom. The summed E-state index contributed by atoms with van der Waals surface area (Å²) in [5, 5.41) is 7.13. The van der Waals surface area contributed by atoms with Crippen molar-refractivity contribution in [2.45, 2.75) is 39.5 Å². The van der Waals surface area contributed by atoms with Crippen molar-refractivity contribution in [1.29, 1.82) is 0 Å². The summed E-state index contributed by atoms with van der Waals surface area (Å²) in [7, 11) is 1.84. The summed E-state index contributed by atoms with van der Waals surface area (Å²) in [4.78, 5) is 25.6. The van der Waals surface area contributed by atoms with Crippen LogP contribution in [0.15, 0.2) is 0 Å². The van der Waals surface area contributed by atoms with Gasteiger partial charge in [0.15, 0.2) is 0 Å². The van der Waals surface area contributed by atoms with Gasteiger partial charge >= 0.3 is 0 Å². The summed E-state index contributed by atoms with van der Waals surface area (Å²) in [5.41, 5.74) is 2.46. The first-order valence-corrected chi connectivity index (χ1v) is 7.07. The molecule has 0 atom stereocenters. The van der Waals surface area contributed by atoms with Crippen molar-refractivity contribution in [3.8, 4) is 0 Å². The molecule has 6 nitrogen and oxygen atoms in total. The molecule has 0 unspecified atom stereocenters. The number of likely N-dealkylation sites (tertiary alicyclic amines) is 1. The lowest BCUT2D eigenvalue weighted by Crippen LogP contribution is -2.37. The first-order chi connectivity index (χ1) is 9.49. The molecule has 1 aromatic rings. The van der Waals surface area contributed by atoms with Gasteiger partial charge in [-0.15, -0.1) is 0 Å². The van der Waals surface area contributed by atoms with Gasteiger partial charge < -0.3 is 10.2 Å². The molecule has 0 spiro atoms. The SMILES string of the molecule is Cc1nn(C)c(C)c1NC(=O)CN1CCCCCC1=O. The second kappa shape index (κ2) is 6.07. The second-order valence-corrected chi connectivity index (χ2v) is 5.34. The number of aryl methyl sites for hydroxylation is 2. The molecular formula is C14H22N4O2. The van der Waals surface area contributed by atoms with Crippen molar-refractivity contribution in [3.05, 3.63) is 11.4 Å². The molecule has 1 aliphatic rings. The zero-order valence-corrected chi connectivity index (χ0v) is 12.4. The number of nitrogens with zero attached hydrogens (tertiary/aromatic N) is 3. The topological polar surface area (TPSA) is 67.2 Å². The molecule has 6 heteroatoms. The Bertz CT molecular complexity index is 521. The van der Waals surface area contributed by atoms with Gasteiger partial charge in [-0.25, -0.2) is 0 Å². The summed E-state index contributed by atoms with van der Waals surface area (Å²) in [6, 6.07) is 0. The second-order valence-electron chi connectivity index (χ2n) is 5.34. The molecule has 2 heterocycles. The van der Waals surface area contributed by atoms with E-state index >= 15 is 0 Å². The average Bonchev–Trinajstić information content (AvgIpc) is 2.57. The van der Waals surface area contributed by atoms with Gasteiger partial charge in [0.1, 0.15) is 0 Å². The maximum Gasteiger partial charge on any atom is 0.244 e. The third-order valence-corrected chi connectivity index (χ3v) is 3.78. The Labute approximate surface area is 119 Å². The van der Waals surface area contributed by atoms with Gasteiger partial charge in [-0.3, -0.25) is 14.3 Å². The molecule has 1 aromatic heterocycles. The van der Waals surface area contributed by atoms with E-state index in [1.807, 2.05) is 20.9 Å². The first-order valence-electron chi connectivity index (χ1n) is 7.07. The van der Waals surface area contributed by atoms with Crippen LogP contribution in [0.3, 0.4) is 0 Å². The van der Waals surface area contributed by atoms with E-state index in [0.29, 0.717) is 13.0 Å². The third kappa shape index (κ3) is 3.18. The summed E-state index contributed by atoms with van der Waals surface area (Å²) in [6.07, 6.45) is 3.52. The number of nitrogens with one attached hydrogen (secondary N) is 1. The number of anilines is 1. The van der Waals surface area contributed by atoms with E-state index in [4.69, 9.17) is 0 Å². The fourth-order valence-electron chi connectivity index (χ4n) is 2.51. The highest BCUT2D eigenvalue weighted by Gasteiger charge is 2.20. The van der Waals surface area contributed by atoms with Gasteiger partial charge in [0.25, 0.3) is 0 Å². The van der Waals surface area contributed by atoms with Crippen LogP contribution in [-0.4, -0.2) is 39.6 Å². The smallest absolute Gasteiger partial charge is 0.244 e. The van der Waals surface area contributed by atoms with E-state index in [9.17, 15) is 9.59 Å². The molecule has 2 rings (SSSR count). The van der Waals surface area contributed by atoms with Gasteiger partial charge in [0.05, 0.1) is 23.6 Å². The Kier molecular flexibility index (Phi) is 4.42. The van der Waals surface area contributed by atoms with Gasteiger partial charge in [-0.05, 0) is 26.7 Å². The molecule has 20 heavy (non-hydrogen) atoms. The number of hydrogen-bond donors (Lipinski definition) is 1. The number of amides is 2. The molecule has 1 aliphatic heterocycles. The maximum absolute atomic E-state index is 12.1. The Morgan fingerprint density at radius 2 is 2.05 bits per heavy atom. The lowest BCUT2D eigenvalue weighted by molar-refractivity contribution is -0.134. The molecular weight excluding hydrogens is 256 g/mol. The van der Waals surface area contributed by atoms with Crippen LogP contribution >= 0.6 is 0 Å². The van der Waals surface area contributed by atoms with Crippen LogP contribution in [0.4, 0.5) is 5.69 Å². The fraction of sp³-hybridized carbons (Fsp3) is 0.643. The zero-order chi connectivity index (χ0) is 14.7. The van der Waals surface area contributed by atoms with Gasteiger partial charge in [-0.1, -0.05) is 6.42 Å². The van der Waals surface area contributed by atoms with E-state index < -0.39 is 0 Å². The molecule has 1 N–H and O–H groups in total. The molecule has 1 fully saturated rings. The van der Waals surface area contributed by atoms with Crippen LogP contribution in [0.1, 0.15) is 37.1 Å². The van der Waals surface area contributed by atoms with E-state index in [1.54, 1.807) is 9.58 Å². The van der Waals surface area contributed by atoms with Crippen LogP contribution in [0.25, 0.3) is 0 Å². The molecule has 0 radical (unpaired) electrons. The highest BCUT2D eigenvalue weighted by molar-refractivity contribution is 5.95. The summed E-state index contributed by atoms with van der Waals surface area (Å²) >= 11 is 0. The Hall–Kier alpha value is -1.85. The highest BCUT2D eigenvalue weighted by Crippen LogP contribution is 2.18. The maximum atomic E-state index is 12.1. The number of rotatable bonds is 3. The van der Waals surface area contributed by atoms with Crippen molar-refractivity contribution in [3.63, 3.8) is 0 Å². The Balaban J connectivity index is 1.99. The standard InChI is InChI=1S/C14H22N4O2/c1-10-14(11(2)17(3)16-10)15-12(19)9-18-8-6-4-5-7-13(18)20/h4-9H2,1-3H3,(H,15,19). The minimum absolute atomic E-state index is 0.0808. The van der Waals surface area contributed by atoms with Crippen molar-refractivity contribution in [2.24, 2.45) is 7.05 Å². The molecule has 0 aromatic carbocycles. The minimum atomic E-state index is -0.153. The van der Waals surface area contributed by atoms with Crippen molar-refractivity contribution < 1.29 is 9.59 Å². The van der Waals surface area contributed by atoms with Gasteiger partial charge in [0, 0.05) is 20.0 Å². The monoisotopic (exact) mass is 278 g/mol. The van der Waals surface area contributed by atoms with Crippen LogP contribution < -0.4 is 5.32 Å². The quantitative estimate of drug-likeness (QED) is 0.908. The number of carbonyl (C=O) groups excluding carboxylic acids is 2. The fourth-order valence-corrected chi connectivity index (χ4v) is 2.51. The molecule has 1 saturated heterocycles.